The Hall–Kier alpha value is -0.900. The van der Waals surface area contributed by atoms with E-state index in [1.165, 1.54) is 0 Å². The molecule has 1 fully saturated rings. The largest absolute Gasteiger partial charge is 0.304 e. The van der Waals surface area contributed by atoms with Crippen LogP contribution in [0.15, 0.2) is 24.3 Å². The molecule has 0 unspecified atom stereocenters. The molecule has 17 heavy (non-hydrogen) atoms. The maximum Gasteiger partial charge on any atom is 0.178 e. The summed E-state index contributed by atoms with van der Waals surface area (Å²) in [5.41, 5.74) is 0.632. The SMILES string of the molecule is CN1CCN(CC(=O)c2ccccc2Cl)CC1. The van der Waals surface area contributed by atoms with Crippen molar-refractivity contribution in [1.29, 1.82) is 0 Å². The van der Waals surface area contributed by atoms with E-state index in [9.17, 15) is 4.79 Å². The Morgan fingerprint density at radius 3 is 2.53 bits per heavy atom. The number of benzene rings is 1. The molecular weight excluding hydrogens is 236 g/mol. The van der Waals surface area contributed by atoms with Gasteiger partial charge in [-0.1, -0.05) is 23.7 Å². The zero-order valence-electron chi connectivity index (χ0n) is 10.0. The maximum atomic E-state index is 12.1. The third-order valence-electron chi connectivity index (χ3n) is 3.14. The van der Waals surface area contributed by atoms with Crippen molar-refractivity contribution in [2.45, 2.75) is 0 Å². The first-order chi connectivity index (χ1) is 8.16. The molecule has 0 amide bonds. The molecule has 0 aliphatic carbocycles. The topological polar surface area (TPSA) is 23.6 Å². The summed E-state index contributed by atoms with van der Waals surface area (Å²) in [6.45, 7) is 4.42. The molecule has 3 nitrogen and oxygen atoms in total. The maximum absolute atomic E-state index is 12.1. The number of nitrogens with zero attached hydrogens (tertiary/aromatic N) is 2. The van der Waals surface area contributed by atoms with Gasteiger partial charge in [0.1, 0.15) is 0 Å². The van der Waals surface area contributed by atoms with Crippen molar-refractivity contribution < 1.29 is 4.79 Å². The summed E-state index contributed by atoms with van der Waals surface area (Å²) < 4.78 is 0. The smallest absolute Gasteiger partial charge is 0.178 e. The fourth-order valence-electron chi connectivity index (χ4n) is 1.98. The van der Waals surface area contributed by atoms with Crippen molar-refractivity contribution in [3.8, 4) is 0 Å². The first-order valence-corrected chi connectivity index (χ1v) is 6.23. The van der Waals surface area contributed by atoms with Gasteiger partial charge < -0.3 is 4.90 Å². The van der Waals surface area contributed by atoms with Crippen molar-refractivity contribution in [3.05, 3.63) is 34.9 Å². The first-order valence-electron chi connectivity index (χ1n) is 5.85. The Labute approximate surface area is 107 Å². The van der Waals surface area contributed by atoms with Crippen LogP contribution in [-0.4, -0.2) is 55.4 Å². The lowest BCUT2D eigenvalue weighted by atomic mass is 10.1. The molecule has 1 heterocycles. The van der Waals surface area contributed by atoms with Crippen LogP contribution in [0.5, 0.6) is 0 Å². The Kier molecular flexibility index (Phi) is 4.15. The highest BCUT2D eigenvalue weighted by Gasteiger charge is 2.18. The van der Waals surface area contributed by atoms with Gasteiger partial charge in [-0.15, -0.1) is 0 Å². The van der Waals surface area contributed by atoms with E-state index in [-0.39, 0.29) is 5.78 Å². The summed E-state index contributed by atoms with van der Waals surface area (Å²) in [4.78, 5) is 16.5. The van der Waals surface area contributed by atoms with Crippen molar-refractivity contribution in [2.24, 2.45) is 0 Å². The lowest BCUT2D eigenvalue weighted by Crippen LogP contribution is -2.46. The van der Waals surface area contributed by atoms with Crippen LogP contribution < -0.4 is 0 Å². The molecule has 1 aliphatic heterocycles. The predicted molar refractivity (Wildman–Crippen MR) is 69.7 cm³/mol. The molecule has 0 spiro atoms. The number of halogens is 1. The molecule has 1 saturated heterocycles. The van der Waals surface area contributed by atoms with Crippen molar-refractivity contribution >= 4 is 17.4 Å². The molecule has 1 aliphatic rings. The van der Waals surface area contributed by atoms with Crippen LogP contribution >= 0.6 is 11.6 Å². The predicted octanol–water partition coefficient (Wildman–Crippen LogP) is 1.77. The molecular formula is C13H17ClN2O. The van der Waals surface area contributed by atoms with E-state index in [4.69, 9.17) is 11.6 Å². The van der Waals surface area contributed by atoms with Crippen molar-refractivity contribution in [3.63, 3.8) is 0 Å². The second kappa shape index (κ2) is 5.63. The third kappa shape index (κ3) is 3.28. The van der Waals surface area contributed by atoms with Gasteiger partial charge in [0.15, 0.2) is 5.78 Å². The van der Waals surface area contributed by atoms with Crippen LogP contribution in [0.2, 0.25) is 5.02 Å². The summed E-state index contributed by atoms with van der Waals surface area (Å²) in [7, 11) is 2.10. The highest BCUT2D eigenvalue weighted by molar-refractivity contribution is 6.34. The van der Waals surface area contributed by atoms with Gasteiger partial charge in [0.25, 0.3) is 0 Å². The van der Waals surface area contributed by atoms with E-state index >= 15 is 0 Å². The first kappa shape index (κ1) is 12.6. The zero-order chi connectivity index (χ0) is 12.3. The monoisotopic (exact) mass is 252 g/mol. The molecule has 0 bridgehead atoms. The molecule has 0 N–H and O–H groups in total. The number of carbonyl (C=O) groups excluding carboxylic acids is 1. The summed E-state index contributed by atoms with van der Waals surface area (Å²) in [5.74, 6) is 0.111. The van der Waals surface area contributed by atoms with Gasteiger partial charge in [-0.3, -0.25) is 9.69 Å². The summed E-state index contributed by atoms with van der Waals surface area (Å²) in [5, 5.41) is 0.548. The van der Waals surface area contributed by atoms with E-state index in [0.29, 0.717) is 17.1 Å². The van der Waals surface area contributed by atoms with E-state index in [2.05, 4.69) is 16.8 Å². The van der Waals surface area contributed by atoms with Crippen molar-refractivity contribution in [2.75, 3.05) is 39.8 Å². The van der Waals surface area contributed by atoms with Gasteiger partial charge in [-0.25, -0.2) is 0 Å². The van der Waals surface area contributed by atoms with Gasteiger partial charge in [0.05, 0.1) is 11.6 Å². The minimum absolute atomic E-state index is 0.111. The molecule has 0 saturated carbocycles. The number of hydrogen-bond donors (Lipinski definition) is 0. The normalized spacial score (nSPS) is 18.2. The Bertz CT molecular complexity index is 400. The highest BCUT2D eigenvalue weighted by atomic mass is 35.5. The molecule has 92 valence electrons. The lowest BCUT2D eigenvalue weighted by molar-refractivity contribution is 0.0876. The number of carbonyl (C=O) groups is 1. The number of Topliss-reactive ketones (excluding diaryl/α,β-unsaturated/α-hetero) is 1. The number of hydrogen-bond acceptors (Lipinski definition) is 3. The second-order valence-electron chi connectivity index (χ2n) is 4.48. The summed E-state index contributed by atoms with van der Waals surface area (Å²) in [6, 6.07) is 7.25. The van der Waals surface area contributed by atoms with E-state index in [0.717, 1.165) is 26.2 Å². The molecule has 0 atom stereocenters. The van der Waals surface area contributed by atoms with Crippen LogP contribution in [0.1, 0.15) is 10.4 Å². The van der Waals surface area contributed by atoms with E-state index in [1.807, 2.05) is 12.1 Å². The van der Waals surface area contributed by atoms with Gasteiger partial charge in [-0.05, 0) is 19.2 Å². The Morgan fingerprint density at radius 2 is 1.88 bits per heavy atom. The molecule has 0 radical (unpaired) electrons. The third-order valence-corrected chi connectivity index (χ3v) is 3.47. The van der Waals surface area contributed by atoms with Crippen LogP contribution in [0.25, 0.3) is 0 Å². The zero-order valence-corrected chi connectivity index (χ0v) is 10.8. The summed E-state index contributed by atoms with van der Waals surface area (Å²) in [6.07, 6.45) is 0. The second-order valence-corrected chi connectivity index (χ2v) is 4.89. The van der Waals surface area contributed by atoms with Crippen LogP contribution in [0, 0.1) is 0 Å². The molecule has 0 aromatic heterocycles. The minimum atomic E-state index is 0.111. The average Bonchev–Trinajstić information content (AvgIpc) is 2.32. The van der Waals surface area contributed by atoms with Crippen LogP contribution in [0.3, 0.4) is 0 Å². The van der Waals surface area contributed by atoms with E-state index in [1.54, 1.807) is 12.1 Å². The Balaban J connectivity index is 1.96. The number of piperazine rings is 1. The standard InChI is InChI=1S/C13H17ClN2O/c1-15-6-8-16(9-7-15)10-13(17)11-4-2-3-5-12(11)14/h2-5H,6-10H2,1H3. The summed E-state index contributed by atoms with van der Waals surface area (Å²) >= 11 is 6.01. The number of likely N-dealkylation sites (N-methyl/N-ethyl adjacent to an activating group) is 1. The fourth-order valence-corrected chi connectivity index (χ4v) is 2.22. The highest BCUT2D eigenvalue weighted by Crippen LogP contribution is 2.16. The van der Waals surface area contributed by atoms with Gasteiger partial charge in [0, 0.05) is 31.7 Å². The molecule has 2 rings (SSSR count). The lowest BCUT2D eigenvalue weighted by Gasteiger charge is -2.31. The van der Waals surface area contributed by atoms with Gasteiger partial charge >= 0.3 is 0 Å². The van der Waals surface area contributed by atoms with E-state index < -0.39 is 0 Å². The quantitative estimate of drug-likeness (QED) is 0.766. The van der Waals surface area contributed by atoms with Crippen LogP contribution in [0.4, 0.5) is 0 Å². The Morgan fingerprint density at radius 1 is 1.24 bits per heavy atom. The number of ketones is 1. The molecule has 4 heteroatoms. The fraction of sp³-hybridized carbons (Fsp3) is 0.462. The van der Waals surface area contributed by atoms with Crippen molar-refractivity contribution in [1.82, 2.24) is 9.80 Å². The average molecular weight is 253 g/mol. The van der Waals surface area contributed by atoms with Gasteiger partial charge in [0.2, 0.25) is 0 Å². The number of rotatable bonds is 3. The minimum Gasteiger partial charge on any atom is -0.304 e. The van der Waals surface area contributed by atoms with Crippen LogP contribution in [-0.2, 0) is 0 Å². The molecule has 1 aromatic carbocycles. The van der Waals surface area contributed by atoms with Gasteiger partial charge in [-0.2, -0.15) is 0 Å². The molecule has 1 aromatic rings.